The van der Waals surface area contributed by atoms with E-state index < -0.39 is 5.97 Å². The van der Waals surface area contributed by atoms with Gasteiger partial charge in [0, 0.05) is 18.2 Å². The van der Waals surface area contributed by atoms with Crippen LogP contribution in [-0.2, 0) is 16.0 Å². The fraction of sp³-hybridized carbons (Fsp3) is 0.455. The number of hydrogen-bond donors (Lipinski definition) is 1. The fourth-order valence-electron chi connectivity index (χ4n) is 3.27. The van der Waals surface area contributed by atoms with Gasteiger partial charge in [0.1, 0.15) is 11.9 Å². The lowest BCUT2D eigenvalue weighted by molar-refractivity contribution is -0.137. The second kappa shape index (κ2) is 8.89. The topological polar surface area (TPSA) is 68.1 Å². The van der Waals surface area contributed by atoms with E-state index in [0.717, 1.165) is 48.1 Å². The quantitative estimate of drug-likeness (QED) is 0.530. The van der Waals surface area contributed by atoms with E-state index in [1.165, 1.54) is 6.42 Å². The summed E-state index contributed by atoms with van der Waals surface area (Å²) in [4.78, 5) is 15.2. The zero-order valence-corrected chi connectivity index (χ0v) is 15.8. The summed E-state index contributed by atoms with van der Waals surface area (Å²) in [5, 5.41) is 8.84. The number of carboxylic acid groups (broad SMARTS) is 1. The van der Waals surface area contributed by atoms with E-state index in [9.17, 15) is 4.79 Å². The second-order valence-corrected chi connectivity index (χ2v) is 7.15. The van der Waals surface area contributed by atoms with Crippen molar-refractivity contribution in [2.24, 2.45) is 4.99 Å². The highest BCUT2D eigenvalue weighted by Gasteiger charge is 2.23. The van der Waals surface area contributed by atoms with Crippen LogP contribution in [-0.4, -0.2) is 29.5 Å². The molecule has 3 rings (SSSR count). The predicted molar refractivity (Wildman–Crippen MR) is 106 cm³/mol. The highest BCUT2D eigenvalue weighted by atomic mass is 16.5. The monoisotopic (exact) mass is 369 g/mol. The molecule has 0 radical (unpaired) electrons. The number of aryl methyl sites for hydroxylation is 1. The standard InChI is InChI=1S/C22H27NO4/c1-3-13-23-22(27-18-5-4-6-18)15(2)16-8-11-20-17(14-16)7-9-19(26-20)10-12-21(24)25/h3,8,11,13-14,18-19H,1,4-7,9-10,12H2,2H3,(H,24,25)/b22-15-,23-13?. The van der Waals surface area contributed by atoms with Crippen LogP contribution in [0, 0.1) is 0 Å². The van der Waals surface area contributed by atoms with Crippen molar-refractivity contribution in [1.29, 1.82) is 0 Å². The molecule has 1 atom stereocenters. The van der Waals surface area contributed by atoms with Gasteiger partial charge in [0.05, 0.1) is 6.10 Å². The van der Waals surface area contributed by atoms with Gasteiger partial charge in [0.25, 0.3) is 0 Å². The average Bonchev–Trinajstić information content (AvgIpc) is 2.64. The Kier molecular flexibility index (Phi) is 6.32. The molecule has 1 unspecified atom stereocenters. The van der Waals surface area contributed by atoms with Crippen molar-refractivity contribution < 1.29 is 19.4 Å². The van der Waals surface area contributed by atoms with Crippen LogP contribution in [0.25, 0.3) is 5.57 Å². The Hall–Kier alpha value is -2.56. The van der Waals surface area contributed by atoms with E-state index in [4.69, 9.17) is 14.6 Å². The summed E-state index contributed by atoms with van der Waals surface area (Å²) >= 11 is 0. The number of hydrogen-bond acceptors (Lipinski definition) is 4. The zero-order chi connectivity index (χ0) is 19.2. The summed E-state index contributed by atoms with van der Waals surface area (Å²) < 4.78 is 12.0. The molecule has 1 aliphatic carbocycles. The van der Waals surface area contributed by atoms with Crippen LogP contribution in [0.1, 0.15) is 56.6 Å². The van der Waals surface area contributed by atoms with Crippen molar-refractivity contribution in [3.63, 3.8) is 0 Å². The predicted octanol–water partition coefficient (Wildman–Crippen LogP) is 4.76. The second-order valence-electron chi connectivity index (χ2n) is 7.15. The number of carboxylic acids is 1. The molecule has 1 aromatic rings. The van der Waals surface area contributed by atoms with Crippen LogP contribution in [0.3, 0.4) is 0 Å². The third-order valence-electron chi connectivity index (χ3n) is 5.15. The summed E-state index contributed by atoms with van der Waals surface area (Å²) in [6.07, 6.45) is 9.32. The number of allylic oxidation sites excluding steroid dienone is 2. The average molecular weight is 369 g/mol. The molecule has 0 saturated heterocycles. The van der Waals surface area contributed by atoms with Gasteiger partial charge in [-0.2, -0.15) is 0 Å². The molecule has 2 aliphatic rings. The molecule has 5 heteroatoms. The number of ether oxygens (including phenoxy) is 2. The van der Waals surface area contributed by atoms with E-state index in [0.29, 0.717) is 12.3 Å². The molecule has 0 bridgehead atoms. The molecule has 1 aliphatic heterocycles. The zero-order valence-electron chi connectivity index (χ0n) is 15.8. The molecule has 1 aromatic carbocycles. The highest BCUT2D eigenvalue weighted by Crippen LogP contribution is 2.34. The van der Waals surface area contributed by atoms with Crippen LogP contribution >= 0.6 is 0 Å². The molecule has 0 aromatic heterocycles. The number of carbonyl (C=O) groups is 1. The molecular weight excluding hydrogens is 342 g/mol. The van der Waals surface area contributed by atoms with E-state index in [1.54, 1.807) is 12.3 Å². The maximum Gasteiger partial charge on any atom is 0.303 e. The largest absolute Gasteiger partial charge is 0.490 e. The van der Waals surface area contributed by atoms with Crippen molar-refractivity contribution in [2.45, 2.75) is 64.1 Å². The molecule has 1 N–H and O–H groups in total. The number of benzene rings is 1. The lowest BCUT2D eigenvalue weighted by atomic mass is 9.95. The number of rotatable bonds is 8. The van der Waals surface area contributed by atoms with Crippen molar-refractivity contribution in [3.8, 4) is 5.75 Å². The van der Waals surface area contributed by atoms with Gasteiger partial charge in [0.2, 0.25) is 5.88 Å². The van der Waals surface area contributed by atoms with Gasteiger partial charge in [-0.05, 0) is 68.7 Å². The van der Waals surface area contributed by atoms with Crippen LogP contribution in [0.2, 0.25) is 0 Å². The van der Waals surface area contributed by atoms with Crippen LogP contribution < -0.4 is 4.74 Å². The minimum Gasteiger partial charge on any atom is -0.490 e. The van der Waals surface area contributed by atoms with Gasteiger partial charge < -0.3 is 14.6 Å². The van der Waals surface area contributed by atoms with E-state index in [-0.39, 0.29) is 18.6 Å². The van der Waals surface area contributed by atoms with Crippen molar-refractivity contribution in [2.75, 3.05) is 0 Å². The van der Waals surface area contributed by atoms with Gasteiger partial charge in [-0.25, -0.2) is 4.99 Å². The molecule has 5 nitrogen and oxygen atoms in total. The minimum absolute atomic E-state index is 0.0224. The third-order valence-corrected chi connectivity index (χ3v) is 5.15. The Labute approximate surface area is 160 Å². The first-order valence-corrected chi connectivity index (χ1v) is 9.61. The molecule has 1 saturated carbocycles. The molecule has 0 amide bonds. The summed E-state index contributed by atoms with van der Waals surface area (Å²) in [5.74, 6) is 0.722. The number of nitrogens with zero attached hydrogens (tertiary/aromatic N) is 1. The molecule has 0 spiro atoms. The van der Waals surface area contributed by atoms with E-state index >= 15 is 0 Å². The first-order valence-electron chi connectivity index (χ1n) is 9.61. The summed E-state index contributed by atoms with van der Waals surface area (Å²) in [6, 6.07) is 6.12. The van der Waals surface area contributed by atoms with E-state index in [2.05, 4.69) is 17.6 Å². The third kappa shape index (κ3) is 5.00. The first-order chi connectivity index (χ1) is 13.1. The summed E-state index contributed by atoms with van der Waals surface area (Å²) in [5.41, 5.74) is 3.21. The van der Waals surface area contributed by atoms with Crippen LogP contribution in [0.15, 0.2) is 41.7 Å². The Balaban J connectivity index is 1.77. The fourth-order valence-corrected chi connectivity index (χ4v) is 3.27. The number of aliphatic carboxylic acids is 1. The van der Waals surface area contributed by atoms with Crippen LogP contribution in [0.5, 0.6) is 5.75 Å². The Morgan fingerprint density at radius 2 is 2.22 bits per heavy atom. The molecule has 1 fully saturated rings. The van der Waals surface area contributed by atoms with Gasteiger partial charge in [-0.3, -0.25) is 4.79 Å². The molecule has 27 heavy (non-hydrogen) atoms. The van der Waals surface area contributed by atoms with Gasteiger partial charge in [0.15, 0.2) is 0 Å². The summed E-state index contributed by atoms with van der Waals surface area (Å²) in [7, 11) is 0. The Morgan fingerprint density at radius 3 is 2.89 bits per heavy atom. The number of fused-ring (bicyclic) bond motifs is 1. The van der Waals surface area contributed by atoms with Gasteiger partial charge in [-0.15, -0.1) is 0 Å². The first kappa shape index (κ1) is 19.2. The lowest BCUT2D eigenvalue weighted by Gasteiger charge is -2.28. The maximum atomic E-state index is 10.8. The Morgan fingerprint density at radius 1 is 1.41 bits per heavy atom. The summed E-state index contributed by atoms with van der Waals surface area (Å²) in [6.45, 7) is 5.71. The maximum absolute atomic E-state index is 10.8. The highest BCUT2D eigenvalue weighted by molar-refractivity contribution is 5.74. The lowest BCUT2D eigenvalue weighted by Crippen LogP contribution is -2.23. The molecular formula is C22H27NO4. The number of aliphatic imine (C=N–C) groups is 1. The van der Waals surface area contributed by atoms with Crippen LogP contribution in [0.4, 0.5) is 0 Å². The SMILES string of the molecule is C=CC=N/C(OC1CCC1)=C(\C)c1ccc2c(c1)CCC(CCC(=O)O)O2. The smallest absolute Gasteiger partial charge is 0.303 e. The Bertz CT molecular complexity index is 762. The van der Waals surface area contributed by atoms with E-state index in [1.807, 2.05) is 19.1 Å². The molecule has 1 heterocycles. The van der Waals surface area contributed by atoms with Gasteiger partial charge in [-0.1, -0.05) is 18.7 Å². The van der Waals surface area contributed by atoms with Crippen molar-refractivity contribution >= 4 is 17.8 Å². The van der Waals surface area contributed by atoms with Crippen molar-refractivity contribution in [1.82, 2.24) is 0 Å². The molecule has 144 valence electrons. The van der Waals surface area contributed by atoms with Crippen molar-refractivity contribution in [3.05, 3.63) is 47.9 Å². The minimum atomic E-state index is -0.778. The van der Waals surface area contributed by atoms with Gasteiger partial charge >= 0.3 is 5.97 Å². The normalized spacial score (nSPS) is 20.3.